The predicted molar refractivity (Wildman–Crippen MR) is 91.7 cm³/mol. The van der Waals surface area contributed by atoms with Gasteiger partial charge >= 0.3 is 0 Å². The van der Waals surface area contributed by atoms with Gasteiger partial charge in [-0.05, 0) is 56.5 Å². The summed E-state index contributed by atoms with van der Waals surface area (Å²) in [4.78, 5) is 16.4. The van der Waals surface area contributed by atoms with Crippen molar-refractivity contribution in [3.05, 3.63) is 29.8 Å². The molecular formula is C19H25N3O2. The highest BCUT2D eigenvalue weighted by Gasteiger charge is 2.38. The van der Waals surface area contributed by atoms with E-state index in [4.69, 9.17) is 10.00 Å². The van der Waals surface area contributed by atoms with Crippen molar-refractivity contribution in [3.8, 4) is 11.8 Å². The lowest BCUT2D eigenvalue weighted by Crippen LogP contribution is -2.48. The highest BCUT2D eigenvalue weighted by Crippen LogP contribution is 2.29. The van der Waals surface area contributed by atoms with Gasteiger partial charge in [0.1, 0.15) is 12.4 Å². The quantitative estimate of drug-likeness (QED) is 0.833. The fraction of sp³-hybridized carbons (Fsp3) is 0.579. The van der Waals surface area contributed by atoms with Gasteiger partial charge in [-0.3, -0.25) is 9.69 Å². The van der Waals surface area contributed by atoms with Gasteiger partial charge in [-0.2, -0.15) is 5.26 Å². The number of hydrogen-bond acceptors (Lipinski definition) is 4. The molecule has 2 atom stereocenters. The minimum atomic E-state index is 0.207. The average molecular weight is 327 g/mol. The molecule has 5 heteroatoms. The van der Waals surface area contributed by atoms with E-state index in [-0.39, 0.29) is 5.91 Å². The number of ether oxygens (including phenoxy) is 1. The third-order valence-electron chi connectivity index (χ3n) is 5.19. The Bertz CT molecular complexity index is 608. The minimum absolute atomic E-state index is 0.207. The standard InChI is InChI=1S/C19H25N3O2/c1-15(23)22-11-3-5-19(22)18-4-2-10-21(18)12-13-24-17-8-6-16(14-20)7-9-17/h6-9,18-19H,2-5,10-13H2,1H3/t18-,19-/m0/s1. The number of carbonyl (C=O) groups is 1. The lowest BCUT2D eigenvalue weighted by Gasteiger charge is -2.34. The first kappa shape index (κ1) is 16.8. The number of rotatable bonds is 5. The Morgan fingerprint density at radius 1 is 1.21 bits per heavy atom. The Hall–Kier alpha value is -2.06. The minimum Gasteiger partial charge on any atom is -0.492 e. The van der Waals surface area contributed by atoms with Crippen LogP contribution in [0.15, 0.2) is 24.3 Å². The first-order chi connectivity index (χ1) is 11.7. The maximum absolute atomic E-state index is 11.8. The number of benzene rings is 1. The van der Waals surface area contributed by atoms with Crippen LogP contribution in [0.2, 0.25) is 0 Å². The van der Waals surface area contributed by atoms with Gasteiger partial charge in [-0.25, -0.2) is 0 Å². The van der Waals surface area contributed by atoms with E-state index in [2.05, 4.69) is 15.9 Å². The fourth-order valence-electron chi connectivity index (χ4n) is 4.06. The SMILES string of the molecule is CC(=O)N1CCC[C@H]1[C@@H]1CCCN1CCOc1ccc(C#N)cc1. The van der Waals surface area contributed by atoms with Gasteiger partial charge < -0.3 is 9.64 Å². The molecule has 0 radical (unpaired) electrons. The van der Waals surface area contributed by atoms with E-state index in [1.165, 1.54) is 12.8 Å². The van der Waals surface area contributed by atoms with Crippen LogP contribution in [0.1, 0.15) is 38.2 Å². The third kappa shape index (κ3) is 3.70. The van der Waals surface area contributed by atoms with Crippen molar-refractivity contribution in [2.45, 2.75) is 44.7 Å². The number of carbonyl (C=O) groups excluding carboxylic acids is 1. The molecule has 128 valence electrons. The summed E-state index contributed by atoms with van der Waals surface area (Å²) in [5.74, 6) is 1.01. The van der Waals surface area contributed by atoms with Crippen molar-refractivity contribution in [1.82, 2.24) is 9.80 Å². The maximum Gasteiger partial charge on any atom is 0.219 e. The summed E-state index contributed by atoms with van der Waals surface area (Å²) in [7, 11) is 0. The summed E-state index contributed by atoms with van der Waals surface area (Å²) >= 11 is 0. The largest absolute Gasteiger partial charge is 0.492 e. The summed E-state index contributed by atoms with van der Waals surface area (Å²) in [5.41, 5.74) is 0.646. The molecule has 2 saturated heterocycles. The maximum atomic E-state index is 11.8. The Kier molecular flexibility index (Phi) is 5.37. The van der Waals surface area contributed by atoms with Crippen molar-refractivity contribution >= 4 is 5.91 Å². The van der Waals surface area contributed by atoms with Crippen molar-refractivity contribution in [2.75, 3.05) is 26.2 Å². The van der Waals surface area contributed by atoms with Gasteiger partial charge in [0.25, 0.3) is 0 Å². The van der Waals surface area contributed by atoms with Crippen molar-refractivity contribution in [1.29, 1.82) is 5.26 Å². The van der Waals surface area contributed by atoms with E-state index in [1.54, 1.807) is 19.1 Å². The molecule has 3 rings (SSSR count). The first-order valence-corrected chi connectivity index (χ1v) is 8.83. The first-order valence-electron chi connectivity index (χ1n) is 8.83. The molecule has 0 bridgehead atoms. The number of hydrogen-bond donors (Lipinski definition) is 0. The predicted octanol–water partition coefficient (Wildman–Crippen LogP) is 2.41. The monoisotopic (exact) mass is 327 g/mol. The van der Waals surface area contributed by atoms with E-state index in [0.29, 0.717) is 24.3 Å². The Morgan fingerprint density at radius 2 is 1.92 bits per heavy atom. The van der Waals surface area contributed by atoms with Crippen LogP contribution in [0.4, 0.5) is 0 Å². The summed E-state index contributed by atoms with van der Waals surface area (Å²) in [6.45, 7) is 5.20. The average Bonchev–Trinajstić information content (AvgIpc) is 3.24. The molecular weight excluding hydrogens is 302 g/mol. The van der Waals surface area contributed by atoms with Gasteiger partial charge in [0.2, 0.25) is 5.91 Å². The van der Waals surface area contributed by atoms with Crippen LogP contribution in [-0.4, -0.2) is 54.0 Å². The molecule has 2 aliphatic heterocycles. The van der Waals surface area contributed by atoms with E-state index in [9.17, 15) is 4.79 Å². The van der Waals surface area contributed by atoms with Crippen molar-refractivity contribution in [2.24, 2.45) is 0 Å². The molecule has 0 saturated carbocycles. The molecule has 0 aliphatic carbocycles. The van der Waals surface area contributed by atoms with Crippen LogP contribution in [0.3, 0.4) is 0 Å². The van der Waals surface area contributed by atoms with Crippen molar-refractivity contribution < 1.29 is 9.53 Å². The molecule has 5 nitrogen and oxygen atoms in total. The van der Waals surface area contributed by atoms with Crippen LogP contribution in [0.25, 0.3) is 0 Å². The lowest BCUT2D eigenvalue weighted by molar-refractivity contribution is -0.130. The zero-order chi connectivity index (χ0) is 16.9. The zero-order valence-corrected chi connectivity index (χ0v) is 14.3. The van der Waals surface area contributed by atoms with E-state index >= 15 is 0 Å². The van der Waals surface area contributed by atoms with E-state index in [0.717, 1.165) is 38.2 Å². The number of nitrogens with zero attached hydrogens (tertiary/aromatic N) is 3. The molecule has 1 amide bonds. The second kappa shape index (κ2) is 7.67. The Morgan fingerprint density at radius 3 is 2.62 bits per heavy atom. The molecule has 1 aromatic carbocycles. The van der Waals surface area contributed by atoms with E-state index in [1.807, 2.05) is 12.1 Å². The highest BCUT2D eigenvalue weighted by atomic mass is 16.5. The second-order valence-electron chi connectivity index (χ2n) is 6.65. The number of nitriles is 1. The van der Waals surface area contributed by atoms with Gasteiger partial charge in [0, 0.05) is 32.1 Å². The molecule has 0 spiro atoms. The van der Waals surface area contributed by atoms with E-state index < -0.39 is 0 Å². The molecule has 2 heterocycles. The topological polar surface area (TPSA) is 56.6 Å². The summed E-state index contributed by atoms with van der Waals surface area (Å²) in [5, 5.41) is 8.82. The lowest BCUT2D eigenvalue weighted by atomic mass is 10.0. The molecule has 0 unspecified atom stereocenters. The smallest absolute Gasteiger partial charge is 0.219 e. The number of amides is 1. The van der Waals surface area contributed by atoms with Crippen LogP contribution < -0.4 is 4.74 Å². The Labute approximate surface area is 143 Å². The third-order valence-corrected chi connectivity index (χ3v) is 5.19. The number of likely N-dealkylation sites (tertiary alicyclic amines) is 2. The molecule has 0 N–H and O–H groups in total. The second-order valence-corrected chi connectivity index (χ2v) is 6.65. The van der Waals surface area contributed by atoms with Crippen molar-refractivity contribution in [3.63, 3.8) is 0 Å². The van der Waals surface area contributed by atoms with Gasteiger partial charge in [0.05, 0.1) is 11.6 Å². The van der Waals surface area contributed by atoms with Crippen LogP contribution in [0.5, 0.6) is 5.75 Å². The molecule has 24 heavy (non-hydrogen) atoms. The fourth-order valence-corrected chi connectivity index (χ4v) is 4.06. The summed E-state index contributed by atoms with van der Waals surface area (Å²) in [6, 6.07) is 10.2. The normalized spacial score (nSPS) is 24.1. The van der Waals surface area contributed by atoms with Crippen LogP contribution >= 0.6 is 0 Å². The van der Waals surface area contributed by atoms with Gasteiger partial charge in [-0.1, -0.05) is 0 Å². The van der Waals surface area contributed by atoms with Crippen LogP contribution in [0, 0.1) is 11.3 Å². The highest BCUT2D eigenvalue weighted by molar-refractivity contribution is 5.74. The Balaban J connectivity index is 1.52. The summed E-state index contributed by atoms with van der Waals surface area (Å²) in [6.07, 6.45) is 4.61. The summed E-state index contributed by atoms with van der Waals surface area (Å²) < 4.78 is 5.82. The van der Waals surface area contributed by atoms with Crippen LogP contribution in [-0.2, 0) is 4.79 Å². The molecule has 1 aromatic rings. The molecule has 2 aliphatic rings. The molecule has 2 fully saturated rings. The zero-order valence-electron chi connectivity index (χ0n) is 14.3. The van der Waals surface area contributed by atoms with Gasteiger partial charge in [0.15, 0.2) is 0 Å². The molecule has 0 aromatic heterocycles. The van der Waals surface area contributed by atoms with Gasteiger partial charge in [-0.15, -0.1) is 0 Å².